The van der Waals surface area contributed by atoms with Crippen molar-refractivity contribution in [2.24, 2.45) is 0 Å². The van der Waals surface area contributed by atoms with E-state index < -0.39 is 11.9 Å². The lowest BCUT2D eigenvalue weighted by molar-refractivity contribution is -0.140. The summed E-state index contributed by atoms with van der Waals surface area (Å²) in [6.45, 7) is 7.95. The zero-order chi connectivity index (χ0) is 14.8. The van der Waals surface area contributed by atoms with Gasteiger partial charge < -0.3 is 10.2 Å². The van der Waals surface area contributed by atoms with Crippen LogP contribution in [-0.4, -0.2) is 70.8 Å². The predicted molar refractivity (Wildman–Crippen MR) is 65.0 cm³/mol. The third-order valence-electron chi connectivity index (χ3n) is 2.39. The van der Waals surface area contributed by atoms with Gasteiger partial charge in [0.05, 0.1) is 19.2 Å². The van der Waals surface area contributed by atoms with Crippen LogP contribution >= 0.6 is 0 Å². The maximum Gasteiger partial charge on any atom is 0.317 e. The molecule has 0 aromatic carbocycles. The average molecular weight is 268 g/mol. The molecule has 0 amide bonds. The molecule has 0 fully saturated rings. The van der Waals surface area contributed by atoms with Crippen LogP contribution in [0.1, 0.15) is 6.92 Å². The molecule has 0 aromatic rings. The maximum atomic E-state index is 10.7. The van der Waals surface area contributed by atoms with Crippen LogP contribution in [0.2, 0.25) is 0 Å². The maximum absolute atomic E-state index is 10.7. The molecular formula is C11H16N4O4. The third-order valence-corrected chi connectivity index (χ3v) is 2.39. The van der Waals surface area contributed by atoms with Gasteiger partial charge in [0.2, 0.25) is 0 Å². The Kier molecular flexibility index (Phi) is 7.85. The molecule has 2 N–H and O–H groups in total. The van der Waals surface area contributed by atoms with Gasteiger partial charge in [-0.05, 0) is 6.92 Å². The lowest BCUT2D eigenvalue weighted by atomic mass is 10.2. The highest BCUT2D eigenvalue weighted by Crippen LogP contribution is 2.02. The Morgan fingerprint density at radius 3 is 2.37 bits per heavy atom. The van der Waals surface area contributed by atoms with E-state index in [1.54, 1.807) is 6.92 Å². The Hall–Kier alpha value is -2.16. The predicted octanol–water partition coefficient (Wildman–Crippen LogP) is -0.452. The number of aliphatic carboxylic acids is 2. The van der Waals surface area contributed by atoms with Gasteiger partial charge in [-0.15, -0.1) is 0 Å². The number of carboxylic acid groups (broad SMARTS) is 2. The summed E-state index contributed by atoms with van der Waals surface area (Å²) in [7, 11) is 0. The number of carboxylic acids is 2. The first-order valence-corrected chi connectivity index (χ1v) is 5.50. The highest BCUT2D eigenvalue weighted by molar-refractivity contribution is 5.69. The lowest BCUT2D eigenvalue weighted by Crippen LogP contribution is -2.45. The first-order chi connectivity index (χ1) is 8.90. The number of nitriles is 1. The van der Waals surface area contributed by atoms with E-state index in [0.717, 1.165) is 0 Å². The van der Waals surface area contributed by atoms with Crippen molar-refractivity contribution in [1.29, 1.82) is 5.26 Å². The molecule has 0 unspecified atom stereocenters. The Morgan fingerprint density at radius 1 is 1.37 bits per heavy atom. The zero-order valence-electron chi connectivity index (χ0n) is 10.6. The molecule has 0 heterocycles. The highest BCUT2D eigenvalue weighted by Gasteiger charge is 2.22. The monoisotopic (exact) mass is 268 g/mol. The van der Waals surface area contributed by atoms with E-state index >= 15 is 0 Å². The van der Waals surface area contributed by atoms with Crippen molar-refractivity contribution in [2.75, 3.05) is 32.8 Å². The topological polar surface area (TPSA) is 109 Å². The Labute approximate surface area is 111 Å². The van der Waals surface area contributed by atoms with Gasteiger partial charge in [-0.25, -0.2) is 11.5 Å². The quantitative estimate of drug-likeness (QED) is 0.430. The highest BCUT2D eigenvalue weighted by atomic mass is 16.4. The number of carbonyl (C=O) groups is 2. The first-order valence-electron chi connectivity index (χ1n) is 5.50. The lowest BCUT2D eigenvalue weighted by Gasteiger charge is -2.27. The number of hydrogen-bond donors (Lipinski definition) is 2. The molecule has 104 valence electrons. The molecular weight excluding hydrogens is 252 g/mol. The molecule has 8 nitrogen and oxygen atoms in total. The second-order valence-corrected chi connectivity index (χ2v) is 4.01. The van der Waals surface area contributed by atoms with Gasteiger partial charge in [0, 0.05) is 12.6 Å². The van der Waals surface area contributed by atoms with Crippen LogP contribution in [0.5, 0.6) is 0 Å². The molecule has 0 radical (unpaired) electrons. The number of hydrogen-bond acceptors (Lipinski definition) is 5. The van der Waals surface area contributed by atoms with E-state index in [2.05, 4.69) is 4.85 Å². The van der Waals surface area contributed by atoms with Crippen LogP contribution in [0, 0.1) is 17.9 Å². The summed E-state index contributed by atoms with van der Waals surface area (Å²) >= 11 is 0. The summed E-state index contributed by atoms with van der Waals surface area (Å²) in [6.07, 6.45) is 0. The van der Waals surface area contributed by atoms with Crippen LogP contribution in [0.15, 0.2) is 0 Å². The SMILES string of the molecule is [C-]#[N+]CN(CC(=O)O)[C@@H](C)CN(CC#N)CC(=O)O. The number of nitrogens with zero attached hydrogens (tertiary/aromatic N) is 4. The largest absolute Gasteiger partial charge is 0.480 e. The van der Waals surface area contributed by atoms with Crippen molar-refractivity contribution in [2.45, 2.75) is 13.0 Å². The van der Waals surface area contributed by atoms with E-state index in [-0.39, 0.29) is 38.9 Å². The summed E-state index contributed by atoms with van der Waals surface area (Å²) in [5.41, 5.74) is 0. The normalized spacial score (nSPS) is 11.8. The second kappa shape index (κ2) is 8.86. The fraction of sp³-hybridized carbons (Fsp3) is 0.636. The van der Waals surface area contributed by atoms with Gasteiger partial charge in [-0.2, -0.15) is 5.26 Å². The smallest absolute Gasteiger partial charge is 0.317 e. The van der Waals surface area contributed by atoms with E-state index in [0.29, 0.717) is 0 Å². The minimum Gasteiger partial charge on any atom is -0.480 e. The van der Waals surface area contributed by atoms with E-state index in [4.69, 9.17) is 22.0 Å². The summed E-state index contributed by atoms with van der Waals surface area (Å²) in [4.78, 5) is 27.3. The Bertz CT molecular complexity index is 398. The van der Waals surface area contributed by atoms with Gasteiger partial charge in [-0.3, -0.25) is 19.3 Å². The summed E-state index contributed by atoms with van der Waals surface area (Å²) < 4.78 is 0. The Balaban J connectivity index is 4.60. The molecule has 1 atom stereocenters. The molecule has 0 bridgehead atoms. The van der Waals surface area contributed by atoms with Crippen molar-refractivity contribution in [1.82, 2.24) is 9.80 Å². The van der Waals surface area contributed by atoms with Crippen LogP contribution in [-0.2, 0) is 9.59 Å². The molecule has 0 aliphatic heterocycles. The minimum atomic E-state index is -1.06. The van der Waals surface area contributed by atoms with Gasteiger partial charge in [0.15, 0.2) is 0 Å². The summed E-state index contributed by atoms with van der Waals surface area (Å²) in [5, 5.41) is 26.1. The fourth-order valence-corrected chi connectivity index (χ4v) is 1.58. The standard InChI is InChI=1S/C11H16N4O4/c1-9(15(8-13-2)7-11(18)19)5-14(4-3-12)6-10(16)17/h9H,4-8H2,1H3,(H,16,17)(H,18,19)/t9-/m0/s1. The molecule has 0 aromatic heterocycles. The first kappa shape index (κ1) is 16.8. The Morgan fingerprint density at radius 2 is 1.95 bits per heavy atom. The van der Waals surface area contributed by atoms with Crippen LogP contribution < -0.4 is 0 Å². The van der Waals surface area contributed by atoms with Crippen molar-refractivity contribution in [3.05, 3.63) is 11.4 Å². The van der Waals surface area contributed by atoms with Gasteiger partial charge >= 0.3 is 11.9 Å². The molecule has 0 aliphatic carbocycles. The van der Waals surface area contributed by atoms with Crippen LogP contribution in [0.25, 0.3) is 4.85 Å². The van der Waals surface area contributed by atoms with Crippen molar-refractivity contribution in [3.63, 3.8) is 0 Å². The molecule has 8 heteroatoms. The van der Waals surface area contributed by atoms with E-state index in [1.165, 1.54) is 9.80 Å². The van der Waals surface area contributed by atoms with Crippen molar-refractivity contribution >= 4 is 11.9 Å². The molecule has 0 aliphatic rings. The molecule has 0 spiro atoms. The summed E-state index contributed by atoms with van der Waals surface area (Å²) in [5.74, 6) is -2.11. The average Bonchev–Trinajstić information content (AvgIpc) is 2.27. The second-order valence-electron chi connectivity index (χ2n) is 4.01. The fourth-order valence-electron chi connectivity index (χ4n) is 1.58. The van der Waals surface area contributed by atoms with Gasteiger partial charge in [-0.1, -0.05) is 0 Å². The van der Waals surface area contributed by atoms with E-state index in [9.17, 15) is 9.59 Å². The molecule has 0 rings (SSSR count). The number of rotatable bonds is 9. The van der Waals surface area contributed by atoms with E-state index in [1.807, 2.05) is 6.07 Å². The van der Waals surface area contributed by atoms with Crippen molar-refractivity contribution < 1.29 is 19.8 Å². The third kappa shape index (κ3) is 7.71. The van der Waals surface area contributed by atoms with Crippen LogP contribution in [0.3, 0.4) is 0 Å². The summed E-state index contributed by atoms with van der Waals surface area (Å²) in [6, 6.07) is 1.52. The van der Waals surface area contributed by atoms with Gasteiger partial charge in [0.1, 0.15) is 6.54 Å². The minimum absolute atomic E-state index is 0.0600. The molecule has 0 saturated carbocycles. The van der Waals surface area contributed by atoms with Gasteiger partial charge in [0.25, 0.3) is 6.67 Å². The molecule has 0 saturated heterocycles. The zero-order valence-corrected chi connectivity index (χ0v) is 10.6. The molecule has 19 heavy (non-hydrogen) atoms. The van der Waals surface area contributed by atoms with Crippen LogP contribution in [0.4, 0.5) is 0 Å². The van der Waals surface area contributed by atoms with Crippen molar-refractivity contribution in [3.8, 4) is 6.07 Å².